The Bertz CT molecular complexity index is 1530. The van der Waals surface area contributed by atoms with Crippen LogP contribution in [0, 0.1) is 0 Å². The van der Waals surface area contributed by atoms with Crippen LogP contribution in [0.1, 0.15) is 51.6 Å². The van der Waals surface area contributed by atoms with E-state index in [1.54, 1.807) is 30.3 Å². The molecule has 6 rings (SSSR count). The minimum absolute atomic E-state index is 0.241. The molecule has 0 radical (unpaired) electrons. The van der Waals surface area contributed by atoms with Crippen molar-refractivity contribution in [2.24, 2.45) is 0 Å². The van der Waals surface area contributed by atoms with E-state index in [4.69, 9.17) is 44.1 Å². The minimum Gasteiger partial charge on any atom is -0.489 e. The first-order valence-electron chi connectivity index (χ1n) is 12.3. The van der Waals surface area contributed by atoms with Crippen LogP contribution in [-0.4, -0.2) is 22.8 Å². The molecule has 1 aromatic heterocycles. The average molecular weight is 570 g/mol. The smallest absolute Gasteiger partial charge is 0.335 e. The maximum atomic E-state index is 11.3. The Labute approximate surface area is 234 Å². The number of hydrogen-bond donors (Lipinski definition) is 1. The third kappa shape index (κ3) is 4.84. The van der Waals surface area contributed by atoms with E-state index >= 15 is 0 Å². The van der Waals surface area contributed by atoms with Crippen molar-refractivity contribution in [2.45, 2.75) is 38.3 Å². The quantitative estimate of drug-likeness (QED) is 0.243. The van der Waals surface area contributed by atoms with Gasteiger partial charge in [-0.25, -0.2) is 4.79 Å². The predicted molar refractivity (Wildman–Crippen MR) is 148 cm³/mol. The van der Waals surface area contributed by atoms with Crippen LogP contribution >= 0.6 is 34.8 Å². The third-order valence-electron chi connectivity index (χ3n) is 7.07. The Kier molecular flexibility index (Phi) is 6.72. The van der Waals surface area contributed by atoms with E-state index in [1.807, 2.05) is 24.3 Å². The average Bonchev–Trinajstić information content (AvgIpc) is 3.67. The summed E-state index contributed by atoms with van der Waals surface area (Å²) < 4.78 is 11.9. The van der Waals surface area contributed by atoms with Gasteiger partial charge in [-0.15, -0.1) is 0 Å². The zero-order valence-electron chi connectivity index (χ0n) is 20.2. The number of carboxylic acids is 1. The zero-order valence-corrected chi connectivity index (χ0v) is 22.5. The molecule has 1 N–H and O–H groups in total. The highest BCUT2D eigenvalue weighted by atomic mass is 35.5. The first-order chi connectivity index (χ1) is 18.4. The fourth-order valence-electron chi connectivity index (χ4n) is 4.93. The van der Waals surface area contributed by atoms with E-state index < -0.39 is 5.97 Å². The highest BCUT2D eigenvalue weighted by Gasteiger charge is 2.33. The van der Waals surface area contributed by atoms with E-state index in [-0.39, 0.29) is 6.61 Å². The van der Waals surface area contributed by atoms with Gasteiger partial charge in [-0.3, -0.25) is 0 Å². The fourth-order valence-corrected chi connectivity index (χ4v) is 5.80. The predicted octanol–water partition coefficient (Wildman–Crippen LogP) is 8.02. The van der Waals surface area contributed by atoms with Gasteiger partial charge in [0.15, 0.2) is 0 Å². The summed E-state index contributed by atoms with van der Waals surface area (Å²) in [6.45, 7) is 1.64. The topological polar surface area (TPSA) is 75.8 Å². The molecule has 1 fully saturated rings. The second-order valence-electron chi connectivity index (χ2n) is 9.61. The third-order valence-corrected chi connectivity index (χ3v) is 8.01. The van der Waals surface area contributed by atoms with Gasteiger partial charge in [0.25, 0.3) is 0 Å². The van der Waals surface area contributed by atoms with Crippen LogP contribution in [-0.2, 0) is 19.6 Å². The lowest BCUT2D eigenvalue weighted by atomic mass is 9.97. The summed E-state index contributed by atoms with van der Waals surface area (Å²) in [7, 11) is 0. The van der Waals surface area contributed by atoms with Crippen molar-refractivity contribution in [3.63, 3.8) is 0 Å². The van der Waals surface area contributed by atoms with Crippen LogP contribution in [0.3, 0.4) is 0 Å². The number of rotatable bonds is 7. The Morgan fingerprint density at radius 1 is 1.03 bits per heavy atom. The Morgan fingerprint density at radius 3 is 2.53 bits per heavy atom. The number of aromatic carboxylic acids is 1. The van der Waals surface area contributed by atoms with Gasteiger partial charge in [-0.05, 0) is 66.8 Å². The molecular formula is C29H23Cl3N2O4. The van der Waals surface area contributed by atoms with Gasteiger partial charge in [0.05, 0.1) is 31.9 Å². The maximum absolute atomic E-state index is 11.3. The number of halogens is 3. The van der Waals surface area contributed by atoms with Crippen molar-refractivity contribution < 1.29 is 19.2 Å². The molecule has 38 heavy (non-hydrogen) atoms. The maximum Gasteiger partial charge on any atom is 0.335 e. The summed E-state index contributed by atoms with van der Waals surface area (Å²) in [5.41, 5.74) is 5.46. The number of carboxylic acid groups (broad SMARTS) is 1. The van der Waals surface area contributed by atoms with Gasteiger partial charge >= 0.3 is 5.97 Å². The normalized spacial score (nSPS) is 14.9. The highest BCUT2D eigenvalue weighted by Crippen LogP contribution is 2.46. The van der Waals surface area contributed by atoms with E-state index in [9.17, 15) is 9.90 Å². The molecular weight excluding hydrogens is 547 g/mol. The lowest BCUT2D eigenvalue weighted by molar-refractivity contribution is 0.0696. The Morgan fingerprint density at radius 2 is 1.82 bits per heavy atom. The van der Waals surface area contributed by atoms with Crippen molar-refractivity contribution in [3.8, 4) is 17.0 Å². The summed E-state index contributed by atoms with van der Waals surface area (Å²) in [4.78, 5) is 13.5. The van der Waals surface area contributed by atoms with E-state index in [2.05, 4.69) is 10.1 Å². The molecule has 4 aromatic rings. The largest absolute Gasteiger partial charge is 0.489 e. The van der Waals surface area contributed by atoms with Crippen molar-refractivity contribution >= 4 is 46.5 Å². The summed E-state index contributed by atoms with van der Waals surface area (Å²) in [5, 5.41) is 15.2. The van der Waals surface area contributed by atoms with Gasteiger partial charge in [0, 0.05) is 30.6 Å². The molecule has 0 saturated heterocycles. The van der Waals surface area contributed by atoms with Crippen molar-refractivity contribution in [2.75, 3.05) is 11.4 Å². The summed E-state index contributed by atoms with van der Waals surface area (Å²) in [5.74, 6) is 0.861. The number of anilines is 1. The summed E-state index contributed by atoms with van der Waals surface area (Å²) >= 11 is 19.6. The number of carbonyl (C=O) groups is 1. The highest BCUT2D eigenvalue weighted by molar-refractivity contribution is 6.39. The van der Waals surface area contributed by atoms with Crippen LogP contribution in [0.5, 0.6) is 5.75 Å². The molecule has 0 atom stereocenters. The first-order valence-corrected chi connectivity index (χ1v) is 13.5. The van der Waals surface area contributed by atoms with Crippen LogP contribution in [0.2, 0.25) is 15.1 Å². The van der Waals surface area contributed by atoms with Crippen LogP contribution in [0.15, 0.2) is 59.1 Å². The molecule has 1 aliphatic carbocycles. The fraction of sp³-hybridized carbons (Fsp3) is 0.241. The van der Waals surface area contributed by atoms with Gasteiger partial charge < -0.3 is 19.3 Å². The van der Waals surface area contributed by atoms with Crippen LogP contribution < -0.4 is 9.64 Å². The Hall–Kier alpha value is -3.19. The second-order valence-corrected chi connectivity index (χ2v) is 10.8. The van der Waals surface area contributed by atoms with Gasteiger partial charge in [0.1, 0.15) is 23.8 Å². The minimum atomic E-state index is -0.911. The number of nitrogens with zero attached hydrogens (tertiary/aromatic N) is 2. The molecule has 2 aliphatic rings. The molecule has 3 aromatic carbocycles. The molecule has 0 spiro atoms. The monoisotopic (exact) mass is 568 g/mol. The SMILES string of the molecule is O=C(O)c1ccc2c(c1)CCN(c1ccc(OCc3c(-c4c(Cl)cccc4Cl)noc3C3CC3)cc1Cl)C2. The molecule has 1 saturated carbocycles. The number of ether oxygens (including phenoxy) is 1. The molecule has 1 aliphatic heterocycles. The van der Waals surface area contributed by atoms with Gasteiger partial charge in [-0.2, -0.15) is 0 Å². The molecule has 9 heteroatoms. The van der Waals surface area contributed by atoms with E-state index in [0.29, 0.717) is 50.1 Å². The van der Waals surface area contributed by atoms with Gasteiger partial charge in [0.2, 0.25) is 0 Å². The molecule has 2 heterocycles. The van der Waals surface area contributed by atoms with Crippen LogP contribution in [0.4, 0.5) is 5.69 Å². The molecule has 0 amide bonds. The van der Waals surface area contributed by atoms with Crippen molar-refractivity contribution in [1.82, 2.24) is 5.16 Å². The number of benzene rings is 3. The lowest BCUT2D eigenvalue weighted by Gasteiger charge is -2.31. The van der Waals surface area contributed by atoms with E-state index in [1.165, 1.54) is 0 Å². The number of fused-ring (bicyclic) bond motifs is 1. The lowest BCUT2D eigenvalue weighted by Crippen LogP contribution is -2.30. The van der Waals surface area contributed by atoms with Crippen molar-refractivity contribution in [3.05, 3.63) is 97.7 Å². The second kappa shape index (κ2) is 10.2. The first kappa shape index (κ1) is 25.1. The summed E-state index contributed by atoms with van der Waals surface area (Å²) in [6, 6.07) is 16.3. The van der Waals surface area contributed by atoms with Crippen molar-refractivity contribution in [1.29, 1.82) is 0 Å². The molecule has 6 nitrogen and oxygen atoms in total. The molecule has 0 unspecified atom stereocenters. The van der Waals surface area contributed by atoms with E-state index in [0.717, 1.165) is 53.9 Å². The van der Waals surface area contributed by atoms with Crippen LogP contribution in [0.25, 0.3) is 11.3 Å². The Balaban J connectivity index is 1.21. The number of hydrogen-bond acceptors (Lipinski definition) is 5. The van der Waals surface area contributed by atoms with Gasteiger partial charge in [-0.1, -0.05) is 52.1 Å². The molecule has 0 bridgehead atoms. The molecule has 194 valence electrons. The summed E-state index contributed by atoms with van der Waals surface area (Å²) in [6.07, 6.45) is 2.85. The zero-order chi connectivity index (χ0) is 26.4. The number of aromatic nitrogens is 1. The standard InChI is InChI=1S/C29H23Cl3N2O4/c30-22-2-1-3-23(31)26(22)27-21(28(38-33-27)16-4-5-16)15-37-20-8-9-25(24(32)13-20)34-11-10-17-12-18(29(35)36)6-7-19(17)14-34/h1-3,6-9,12-13,16H,4-5,10-11,14-15H2,(H,35,36).